The van der Waals surface area contributed by atoms with Crippen LogP contribution in [-0.4, -0.2) is 59.6 Å². The Labute approximate surface area is 239 Å². The van der Waals surface area contributed by atoms with Crippen molar-refractivity contribution in [1.82, 2.24) is 15.0 Å². The molecule has 2 aliphatic heterocycles. The number of piperidine rings is 1. The molecular weight excluding hydrogens is 521 g/mol. The van der Waals surface area contributed by atoms with Crippen LogP contribution in [0.3, 0.4) is 0 Å². The highest BCUT2D eigenvalue weighted by atomic mass is 19.1. The number of halogens is 1. The number of aliphatic hydroxyl groups is 1. The number of nitrogens with zero attached hydrogens (tertiary/aromatic N) is 4. The molecule has 0 saturated carbocycles. The first-order chi connectivity index (χ1) is 20.1. The second-order valence-electron chi connectivity index (χ2n) is 10.5. The predicted octanol–water partition coefficient (Wildman–Crippen LogP) is 5.95. The largest absolute Gasteiger partial charge is 0.496 e. The molecule has 4 heterocycles. The fourth-order valence-electron chi connectivity index (χ4n) is 5.71. The van der Waals surface area contributed by atoms with E-state index in [1.54, 1.807) is 24.4 Å². The van der Waals surface area contributed by atoms with Crippen molar-refractivity contribution in [3.63, 3.8) is 0 Å². The molecule has 0 radical (unpaired) electrons. The molecule has 2 aliphatic rings. The third-order valence-corrected chi connectivity index (χ3v) is 7.86. The Hall–Kier alpha value is -4.08. The third-order valence-electron chi connectivity index (χ3n) is 7.86. The van der Waals surface area contributed by atoms with Gasteiger partial charge in [-0.2, -0.15) is 0 Å². The van der Waals surface area contributed by atoms with Gasteiger partial charge in [-0.25, -0.2) is 19.3 Å². The summed E-state index contributed by atoms with van der Waals surface area (Å²) >= 11 is 0. The number of hydrogen-bond donors (Lipinski definition) is 2. The lowest BCUT2D eigenvalue weighted by Gasteiger charge is -2.33. The third kappa shape index (κ3) is 6.01. The molecule has 2 saturated heterocycles. The first-order valence-corrected chi connectivity index (χ1v) is 14.1. The Morgan fingerprint density at radius 2 is 1.85 bits per heavy atom. The van der Waals surface area contributed by atoms with Gasteiger partial charge >= 0.3 is 0 Å². The number of hydrogen-bond acceptors (Lipinski definition) is 8. The van der Waals surface area contributed by atoms with Crippen molar-refractivity contribution in [2.75, 3.05) is 43.6 Å². The molecule has 0 amide bonds. The molecule has 2 fully saturated rings. The van der Waals surface area contributed by atoms with Gasteiger partial charge in [0.2, 0.25) is 0 Å². The van der Waals surface area contributed by atoms with Crippen LogP contribution in [0.15, 0.2) is 67.0 Å². The molecule has 0 unspecified atom stereocenters. The quantitative estimate of drug-likeness (QED) is 0.289. The highest BCUT2D eigenvalue weighted by molar-refractivity contribution is 5.81. The van der Waals surface area contributed by atoms with Gasteiger partial charge in [0.15, 0.2) is 5.82 Å². The number of aromatic nitrogens is 3. The van der Waals surface area contributed by atoms with Crippen LogP contribution >= 0.6 is 0 Å². The number of anilines is 3. The van der Waals surface area contributed by atoms with Crippen LogP contribution in [0.4, 0.5) is 21.7 Å². The fraction of sp³-hybridized carbons (Fsp3) is 0.344. The van der Waals surface area contributed by atoms with Crippen molar-refractivity contribution in [3.8, 4) is 28.3 Å². The van der Waals surface area contributed by atoms with E-state index in [0.29, 0.717) is 29.8 Å². The van der Waals surface area contributed by atoms with Gasteiger partial charge < -0.3 is 24.8 Å². The van der Waals surface area contributed by atoms with E-state index < -0.39 is 5.82 Å². The number of ether oxygens (including phenoxy) is 2. The van der Waals surface area contributed by atoms with E-state index >= 15 is 0 Å². The van der Waals surface area contributed by atoms with Crippen LogP contribution in [0, 0.1) is 5.82 Å². The van der Waals surface area contributed by atoms with E-state index in [-0.39, 0.29) is 17.5 Å². The van der Waals surface area contributed by atoms with Crippen LogP contribution in [0.2, 0.25) is 0 Å². The Kier molecular flexibility index (Phi) is 8.07. The molecule has 212 valence electrons. The molecule has 1 atom stereocenters. The minimum atomic E-state index is -0.460. The topological polar surface area (TPSA) is 92.6 Å². The predicted molar refractivity (Wildman–Crippen MR) is 157 cm³/mol. The van der Waals surface area contributed by atoms with E-state index in [1.807, 2.05) is 12.3 Å². The van der Waals surface area contributed by atoms with Crippen LogP contribution in [-0.2, 0) is 4.74 Å². The van der Waals surface area contributed by atoms with Gasteiger partial charge in [0.25, 0.3) is 0 Å². The Morgan fingerprint density at radius 1 is 1.02 bits per heavy atom. The normalized spacial score (nSPS) is 17.8. The van der Waals surface area contributed by atoms with Crippen molar-refractivity contribution < 1.29 is 19.0 Å². The van der Waals surface area contributed by atoms with E-state index in [9.17, 15) is 9.50 Å². The Morgan fingerprint density at radius 3 is 2.63 bits per heavy atom. The summed E-state index contributed by atoms with van der Waals surface area (Å²) < 4.78 is 25.6. The zero-order chi connectivity index (χ0) is 28.2. The summed E-state index contributed by atoms with van der Waals surface area (Å²) in [5.41, 5.74) is 4.61. The Bertz CT molecular complexity index is 1490. The van der Waals surface area contributed by atoms with Crippen molar-refractivity contribution in [3.05, 3.63) is 78.4 Å². The molecule has 2 N–H and O–H groups in total. The lowest BCUT2D eigenvalue weighted by molar-refractivity contribution is 0.0853. The second-order valence-corrected chi connectivity index (χ2v) is 10.5. The number of benzene rings is 2. The van der Waals surface area contributed by atoms with E-state index in [0.717, 1.165) is 62.3 Å². The average Bonchev–Trinajstić information content (AvgIpc) is 3.01. The number of aliphatic hydroxyl groups excluding tert-OH is 1. The van der Waals surface area contributed by atoms with E-state index in [1.165, 1.54) is 18.7 Å². The van der Waals surface area contributed by atoms with Crippen molar-refractivity contribution in [1.29, 1.82) is 0 Å². The first kappa shape index (κ1) is 27.1. The molecule has 2 aromatic carbocycles. The molecule has 0 spiro atoms. The zero-order valence-electron chi connectivity index (χ0n) is 23.1. The van der Waals surface area contributed by atoms with E-state index in [2.05, 4.69) is 44.5 Å². The number of methoxy groups -OCH3 is 1. The van der Waals surface area contributed by atoms with Gasteiger partial charge in [-0.3, -0.25) is 0 Å². The van der Waals surface area contributed by atoms with Gasteiger partial charge in [-0.15, -0.1) is 0 Å². The lowest BCUT2D eigenvalue weighted by Crippen LogP contribution is -2.38. The number of pyridine rings is 1. The first-order valence-electron chi connectivity index (χ1n) is 14.1. The second kappa shape index (κ2) is 12.2. The smallest absolute Gasteiger partial charge is 0.168 e. The monoisotopic (exact) mass is 555 g/mol. The highest BCUT2D eigenvalue weighted by Crippen LogP contribution is 2.36. The minimum Gasteiger partial charge on any atom is -0.496 e. The molecule has 0 aliphatic carbocycles. The molecule has 0 bridgehead atoms. The molecule has 9 heteroatoms. The van der Waals surface area contributed by atoms with Crippen LogP contribution in [0.1, 0.15) is 37.2 Å². The molecule has 41 heavy (non-hydrogen) atoms. The van der Waals surface area contributed by atoms with Gasteiger partial charge in [0.05, 0.1) is 18.8 Å². The summed E-state index contributed by atoms with van der Waals surface area (Å²) in [6, 6.07) is 17.1. The minimum absolute atomic E-state index is 0.203. The maximum atomic E-state index is 14.7. The summed E-state index contributed by atoms with van der Waals surface area (Å²) in [5.74, 6) is 1.71. The number of nitrogens with one attached hydrogen (secondary N) is 1. The summed E-state index contributed by atoms with van der Waals surface area (Å²) in [5, 5.41) is 13.7. The van der Waals surface area contributed by atoms with Crippen molar-refractivity contribution in [2.24, 2.45) is 0 Å². The summed E-state index contributed by atoms with van der Waals surface area (Å²) in [6.45, 7) is 3.03. The zero-order valence-corrected chi connectivity index (χ0v) is 23.1. The summed E-state index contributed by atoms with van der Waals surface area (Å²) in [7, 11) is 1.49. The lowest BCUT2D eigenvalue weighted by atomic mass is 9.90. The molecule has 2 aromatic heterocycles. The van der Waals surface area contributed by atoms with Gasteiger partial charge in [-0.1, -0.05) is 30.3 Å². The maximum Gasteiger partial charge on any atom is 0.168 e. The standard InChI is InChI=1S/C32H34FN5O3/c1-40-28-6-2-5-26(33)31(28)32-34-14-11-29(37-32)36-30-18-27(38-15-3-4-24(39)20-38)25(19-35-30)23-9-7-21(8-10-23)22-12-16-41-17-13-22/h2,5-11,14,18-19,22,24,39H,3-4,12-13,15-17,20H2,1H3,(H,34,35,36,37)/t24-/m0/s1. The number of β-amino-alcohol motifs (C(OH)–C–C–N with tert-alkyl or cyclic N) is 1. The van der Waals surface area contributed by atoms with Crippen molar-refractivity contribution in [2.45, 2.75) is 37.7 Å². The highest BCUT2D eigenvalue weighted by Gasteiger charge is 2.23. The summed E-state index contributed by atoms with van der Waals surface area (Å²) in [4.78, 5) is 15.8. The molecule has 8 nitrogen and oxygen atoms in total. The molecular formula is C32H34FN5O3. The Balaban J connectivity index is 1.31. The number of rotatable bonds is 7. The van der Waals surface area contributed by atoms with Gasteiger partial charge in [-0.05, 0) is 60.9 Å². The van der Waals surface area contributed by atoms with Crippen LogP contribution in [0.5, 0.6) is 5.75 Å². The molecule has 4 aromatic rings. The van der Waals surface area contributed by atoms with Gasteiger partial charge in [0, 0.05) is 56.0 Å². The summed E-state index contributed by atoms with van der Waals surface area (Å²) in [6.07, 6.45) is 6.87. The van der Waals surface area contributed by atoms with E-state index in [4.69, 9.17) is 14.5 Å². The molecule has 6 rings (SSSR count). The van der Waals surface area contributed by atoms with Crippen LogP contribution < -0.4 is 15.0 Å². The SMILES string of the molecule is COc1cccc(F)c1-c1nccc(Nc2cc(N3CCC[C@H](O)C3)c(-c3ccc(C4CCOCC4)cc3)cn2)n1. The average molecular weight is 556 g/mol. The van der Waals surface area contributed by atoms with Gasteiger partial charge in [0.1, 0.15) is 23.2 Å². The van der Waals surface area contributed by atoms with Crippen LogP contribution in [0.25, 0.3) is 22.5 Å². The maximum absolute atomic E-state index is 14.7. The fourth-order valence-corrected chi connectivity index (χ4v) is 5.71. The van der Waals surface area contributed by atoms with Crippen molar-refractivity contribution >= 4 is 17.3 Å².